The molecule has 2 atom stereocenters. The van der Waals surface area contributed by atoms with Gasteiger partial charge in [-0.2, -0.15) is 0 Å². The first-order valence-electron chi connectivity index (χ1n) is 4.08. The molecule has 0 aromatic heterocycles. The SMILES string of the molecule is CCCCC(N)[C@@H](C)C(=O)O. The van der Waals surface area contributed by atoms with Crippen molar-refractivity contribution in [3.63, 3.8) is 0 Å². The summed E-state index contributed by atoms with van der Waals surface area (Å²) in [5, 5.41) is 8.57. The highest BCUT2D eigenvalue weighted by atomic mass is 16.4. The van der Waals surface area contributed by atoms with Crippen LogP contribution in [0, 0.1) is 5.92 Å². The van der Waals surface area contributed by atoms with Gasteiger partial charge in [0.2, 0.25) is 0 Å². The van der Waals surface area contributed by atoms with Gasteiger partial charge < -0.3 is 10.8 Å². The lowest BCUT2D eigenvalue weighted by molar-refractivity contribution is -0.141. The lowest BCUT2D eigenvalue weighted by Gasteiger charge is -2.14. The number of hydrogen-bond donors (Lipinski definition) is 2. The van der Waals surface area contributed by atoms with E-state index in [0.717, 1.165) is 19.3 Å². The lowest BCUT2D eigenvalue weighted by atomic mass is 9.98. The van der Waals surface area contributed by atoms with E-state index in [2.05, 4.69) is 6.92 Å². The van der Waals surface area contributed by atoms with Crippen molar-refractivity contribution in [2.75, 3.05) is 0 Å². The topological polar surface area (TPSA) is 63.3 Å². The first-order chi connectivity index (χ1) is 5.09. The van der Waals surface area contributed by atoms with E-state index in [9.17, 15) is 4.79 Å². The number of unbranched alkanes of at least 4 members (excludes halogenated alkanes) is 1. The third-order valence-corrected chi connectivity index (χ3v) is 1.92. The Kier molecular flexibility index (Phi) is 4.86. The maximum Gasteiger partial charge on any atom is 0.307 e. The van der Waals surface area contributed by atoms with Gasteiger partial charge in [0, 0.05) is 6.04 Å². The third kappa shape index (κ3) is 3.98. The van der Waals surface area contributed by atoms with Crippen LogP contribution in [0.1, 0.15) is 33.1 Å². The molecule has 3 nitrogen and oxygen atoms in total. The van der Waals surface area contributed by atoms with Gasteiger partial charge in [0.15, 0.2) is 0 Å². The van der Waals surface area contributed by atoms with E-state index in [4.69, 9.17) is 10.8 Å². The van der Waals surface area contributed by atoms with Crippen molar-refractivity contribution < 1.29 is 9.90 Å². The van der Waals surface area contributed by atoms with E-state index >= 15 is 0 Å². The summed E-state index contributed by atoms with van der Waals surface area (Å²) in [4.78, 5) is 10.4. The Labute approximate surface area is 67.6 Å². The highest BCUT2D eigenvalue weighted by Gasteiger charge is 2.18. The summed E-state index contributed by atoms with van der Waals surface area (Å²) in [5.41, 5.74) is 5.62. The predicted octanol–water partition coefficient (Wildman–Crippen LogP) is 1.22. The van der Waals surface area contributed by atoms with Crippen LogP contribution >= 0.6 is 0 Å². The van der Waals surface area contributed by atoms with Gasteiger partial charge in [-0.15, -0.1) is 0 Å². The molecular weight excluding hydrogens is 142 g/mol. The number of nitrogens with two attached hydrogens (primary N) is 1. The van der Waals surface area contributed by atoms with Crippen molar-refractivity contribution in [3.05, 3.63) is 0 Å². The van der Waals surface area contributed by atoms with Crippen molar-refractivity contribution in [1.29, 1.82) is 0 Å². The number of rotatable bonds is 5. The first kappa shape index (κ1) is 10.4. The molecule has 0 heterocycles. The molecule has 0 radical (unpaired) electrons. The number of carbonyl (C=O) groups is 1. The van der Waals surface area contributed by atoms with Crippen LogP contribution in [0.4, 0.5) is 0 Å². The fourth-order valence-corrected chi connectivity index (χ4v) is 0.873. The van der Waals surface area contributed by atoms with Crippen LogP contribution in [0.15, 0.2) is 0 Å². The smallest absolute Gasteiger partial charge is 0.307 e. The van der Waals surface area contributed by atoms with Crippen molar-refractivity contribution in [3.8, 4) is 0 Å². The number of hydrogen-bond acceptors (Lipinski definition) is 2. The maximum absolute atomic E-state index is 10.4. The van der Waals surface area contributed by atoms with Crippen LogP contribution in [0.25, 0.3) is 0 Å². The van der Waals surface area contributed by atoms with Gasteiger partial charge in [-0.1, -0.05) is 26.7 Å². The monoisotopic (exact) mass is 159 g/mol. The minimum Gasteiger partial charge on any atom is -0.481 e. The molecule has 0 amide bonds. The largest absolute Gasteiger partial charge is 0.481 e. The predicted molar refractivity (Wildman–Crippen MR) is 44.3 cm³/mol. The normalized spacial score (nSPS) is 15.9. The van der Waals surface area contributed by atoms with Crippen LogP contribution in [-0.2, 0) is 4.79 Å². The molecule has 0 saturated heterocycles. The Morgan fingerprint density at radius 1 is 1.64 bits per heavy atom. The van der Waals surface area contributed by atoms with Gasteiger partial charge in [-0.05, 0) is 6.42 Å². The summed E-state index contributed by atoms with van der Waals surface area (Å²) in [6.07, 6.45) is 2.89. The van der Waals surface area contributed by atoms with Gasteiger partial charge in [0.1, 0.15) is 0 Å². The highest BCUT2D eigenvalue weighted by molar-refractivity contribution is 5.70. The fourth-order valence-electron chi connectivity index (χ4n) is 0.873. The molecule has 0 aliphatic heterocycles. The molecule has 0 aromatic carbocycles. The quantitative estimate of drug-likeness (QED) is 0.634. The highest BCUT2D eigenvalue weighted by Crippen LogP contribution is 2.07. The second-order valence-electron chi connectivity index (χ2n) is 2.93. The fraction of sp³-hybridized carbons (Fsp3) is 0.875. The van der Waals surface area contributed by atoms with Crippen LogP contribution < -0.4 is 5.73 Å². The third-order valence-electron chi connectivity index (χ3n) is 1.92. The van der Waals surface area contributed by atoms with Gasteiger partial charge in [-0.25, -0.2) is 0 Å². The van der Waals surface area contributed by atoms with Crippen LogP contribution in [0.5, 0.6) is 0 Å². The molecule has 3 heteroatoms. The molecule has 0 fully saturated rings. The number of aliphatic carboxylic acids is 1. The van der Waals surface area contributed by atoms with Crippen molar-refractivity contribution in [2.45, 2.75) is 39.2 Å². The molecule has 0 aromatic rings. The Morgan fingerprint density at radius 2 is 2.18 bits per heavy atom. The number of carboxylic acid groups (broad SMARTS) is 1. The minimum atomic E-state index is -0.798. The van der Waals surface area contributed by atoms with E-state index in [1.54, 1.807) is 6.92 Å². The van der Waals surface area contributed by atoms with E-state index in [-0.39, 0.29) is 6.04 Å². The molecule has 0 spiro atoms. The standard InChI is InChI=1S/C8H17NO2/c1-3-4-5-7(9)6(2)8(10)11/h6-7H,3-5,9H2,1-2H3,(H,10,11)/t6-,7?/m1/s1. The zero-order valence-corrected chi connectivity index (χ0v) is 7.21. The van der Waals surface area contributed by atoms with Gasteiger partial charge in [0.25, 0.3) is 0 Å². The molecule has 0 rings (SSSR count). The molecule has 1 unspecified atom stereocenters. The summed E-state index contributed by atoms with van der Waals surface area (Å²) in [5.74, 6) is -1.21. The van der Waals surface area contributed by atoms with Gasteiger partial charge in [-0.3, -0.25) is 4.79 Å². The van der Waals surface area contributed by atoms with Crippen LogP contribution in [0.3, 0.4) is 0 Å². The second-order valence-corrected chi connectivity index (χ2v) is 2.93. The molecule has 66 valence electrons. The summed E-state index contributed by atoms with van der Waals surface area (Å²) in [6, 6.07) is -0.188. The summed E-state index contributed by atoms with van der Waals surface area (Å²) < 4.78 is 0. The average molecular weight is 159 g/mol. The Hall–Kier alpha value is -0.570. The van der Waals surface area contributed by atoms with E-state index in [1.165, 1.54) is 0 Å². The molecule has 0 aliphatic carbocycles. The van der Waals surface area contributed by atoms with Gasteiger partial charge in [0.05, 0.1) is 5.92 Å². The minimum absolute atomic E-state index is 0.188. The lowest BCUT2D eigenvalue weighted by Crippen LogP contribution is -2.33. The van der Waals surface area contributed by atoms with Crippen molar-refractivity contribution in [1.82, 2.24) is 0 Å². The maximum atomic E-state index is 10.4. The molecule has 11 heavy (non-hydrogen) atoms. The summed E-state index contributed by atoms with van der Waals surface area (Å²) in [7, 11) is 0. The Bertz CT molecular complexity index is 125. The average Bonchev–Trinajstić information content (AvgIpc) is 1.98. The zero-order valence-electron chi connectivity index (χ0n) is 7.21. The second kappa shape index (κ2) is 5.13. The summed E-state index contributed by atoms with van der Waals surface area (Å²) >= 11 is 0. The molecular formula is C8H17NO2. The first-order valence-corrected chi connectivity index (χ1v) is 4.08. The van der Waals surface area contributed by atoms with Crippen molar-refractivity contribution in [2.24, 2.45) is 11.7 Å². The Balaban J connectivity index is 3.63. The van der Waals surface area contributed by atoms with Crippen LogP contribution in [0.2, 0.25) is 0 Å². The van der Waals surface area contributed by atoms with Crippen molar-refractivity contribution >= 4 is 5.97 Å². The zero-order chi connectivity index (χ0) is 8.85. The summed E-state index contributed by atoms with van der Waals surface area (Å²) in [6.45, 7) is 3.72. The molecule has 3 N–H and O–H groups in total. The number of carboxylic acids is 1. The molecule has 0 aliphatic rings. The molecule has 0 bridgehead atoms. The van der Waals surface area contributed by atoms with E-state index < -0.39 is 11.9 Å². The Morgan fingerprint density at radius 3 is 2.55 bits per heavy atom. The molecule has 0 saturated carbocycles. The van der Waals surface area contributed by atoms with E-state index in [1.807, 2.05) is 0 Å². The van der Waals surface area contributed by atoms with E-state index in [0.29, 0.717) is 0 Å². The van der Waals surface area contributed by atoms with Gasteiger partial charge >= 0.3 is 5.97 Å². The van der Waals surface area contributed by atoms with Crippen LogP contribution in [-0.4, -0.2) is 17.1 Å².